The van der Waals surface area contributed by atoms with Gasteiger partial charge in [-0.2, -0.15) is 5.26 Å². The molecular formula is C26H25N3O6. The normalized spacial score (nSPS) is 17.3. The predicted octanol–water partition coefficient (Wildman–Crippen LogP) is 4.53. The van der Waals surface area contributed by atoms with Crippen molar-refractivity contribution in [1.82, 2.24) is 5.32 Å². The maximum absolute atomic E-state index is 13.7. The topological polar surface area (TPSA) is 143 Å². The number of esters is 1. The smallest absolute Gasteiger partial charge is 0.338 e. The molecule has 1 aliphatic rings. The van der Waals surface area contributed by atoms with Crippen LogP contribution >= 0.6 is 0 Å². The van der Waals surface area contributed by atoms with Gasteiger partial charge in [-0.1, -0.05) is 56.3 Å². The highest BCUT2D eigenvalue weighted by atomic mass is 16.6. The zero-order valence-electron chi connectivity index (χ0n) is 19.7. The molecule has 0 amide bonds. The zero-order valence-corrected chi connectivity index (χ0v) is 19.7. The molecule has 0 aliphatic carbocycles. The maximum Gasteiger partial charge on any atom is 0.338 e. The van der Waals surface area contributed by atoms with Gasteiger partial charge < -0.3 is 15.2 Å². The van der Waals surface area contributed by atoms with Gasteiger partial charge in [0.25, 0.3) is 5.69 Å². The van der Waals surface area contributed by atoms with E-state index in [9.17, 15) is 30.1 Å². The number of rotatable bonds is 7. The summed E-state index contributed by atoms with van der Waals surface area (Å²) in [5.41, 5.74) is -0.718. The minimum Gasteiger partial charge on any atom is -0.478 e. The first-order chi connectivity index (χ1) is 16.5. The Morgan fingerprint density at radius 3 is 2.29 bits per heavy atom. The van der Waals surface area contributed by atoms with Gasteiger partial charge in [-0.15, -0.1) is 0 Å². The summed E-state index contributed by atoms with van der Waals surface area (Å²) in [6.07, 6.45) is 0. The van der Waals surface area contributed by atoms with Crippen molar-refractivity contribution in [3.05, 3.63) is 98.4 Å². The number of carboxylic acid groups (broad SMARTS) is 1. The number of aliphatic carboxylic acids is 1. The number of benzene rings is 2. The number of carbonyl (C=O) groups excluding carboxylic acids is 1. The number of allylic oxidation sites excluding steroid dienone is 2. The number of nitrogens with zero attached hydrogens (tertiary/aromatic N) is 2. The fraction of sp³-hybridized carbons (Fsp3) is 0.269. The molecule has 9 nitrogen and oxygen atoms in total. The third kappa shape index (κ3) is 4.64. The van der Waals surface area contributed by atoms with E-state index in [4.69, 9.17) is 4.74 Å². The number of nitro groups is 1. The first-order valence-corrected chi connectivity index (χ1v) is 10.9. The highest BCUT2D eigenvalue weighted by Crippen LogP contribution is 2.42. The van der Waals surface area contributed by atoms with Gasteiger partial charge in [0, 0.05) is 35.0 Å². The quantitative estimate of drug-likeness (QED) is 0.338. The summed E-state index contributed by atoms with van der Waals surface area (Å²) >= 11 is 0. The fourth-order valence-electron chi connectivity index (χ4n) is 4.31. The Morgan fingerprint density at radius 2 is 1.74 bits per heavy atom. The molecule has 180 valence electrons. The lowest BCUT2D eigenvalue weighted by Gasteiger charge is -2.34. The van der Waals surface area contributed by atoms with Crippen molar-refractivity contribution in [3.63, 3.8) is 0 Å². The molecular weight excluding hydrogens is 450 g/mol. The monoisotopic (exact) mass is 475 g/mol. The van der Waals surface area contributed by atoms with Crippen LogP contribution in [-0.4, -0.2) is 22.0 Å². The summed E-state index contributed by atoms with van der Waals surface area (Å²) < 4.78 is 5.89. The maximum atomic E-state index is 13.7. The summed E-state index contributed by atoms with van der Waals surface area (Å²) in [4.78, 5) is 36.8. The standard InChI is InChI=1S/C26H25N3O6/c1-15(2)26(14-27,19-10-6-5-7-11-19)35-25(32)22-17(4)28-16(3)21(24(30)31)23(22)18-9-8-12-20(13-18)29(33)34/h5-13,15,23,28H,1-4H3,(H,30,31). The molecule has 1 heterocycles. The van der Waals surface area contributed by atoms with Gasteiger partial charge in [0.15, 0.2) is 0 Å². The van der Waals surface area contributed by atoms with Crippen LogP contribution in [0, 0.1) is 27.4 Å². The summed E-state index contributed by atoms with van der Waals surface area (Å²) in [5.74, 6) is -3.77. The number of non-ortho nitro benzene ring substituents is 1. The Kier molecular flexibility index (Phi) is 7.06. The van der Waals surface area contributed by atoms with E-state index in [1.165, 1.54) is 24.3 Å². The third-order valence-electron chi connectivity index (χ3n) is 6.06. The van der Waals surface area contributed by atoms with Gasteiger partial charge in [-0.05, 0) is 19.4 Å². The van der Waals surface area contributed by atoms with Crippen LogP contribution in [0.15, 0.2) is 77.1 Å². The molecule has 2 N–H and O–H groups in total. The fourth-order valence-corrected chi connectivity index (χ4v) is 4.31. The number of nitriles is 1. The molecule has 2 aromatic rings. The van der Waals surface area contributed by atoms with Gasteiger partial charge in [0.2, 0.25) is 5.60 Å². The van der Waals surface area contributed by atoms with Crippen LogP contribution in [0.1, 0.15) is 44.7 Å². The molecule has 3 rings (SSSR count). The van der Waals surface area contributed by atoms with E-state index in [1.807, 2.05) is 0 Å². The van der Waals surface area contributed by atoms with E-state index in [0.29, 0.717) is 17.0 Å². The second-order valence-corrected chi connectivity index (χ2v) is 8.55. The van der Waals surface area contributed by atoms with Gasteiger partial charge in [0.1, 0.15) is 6.07 Å². The Bertz CT molecular complexity index is 1290. The summed E-state index contributed by atoms with van der Waals surface area (Å²) in [6.45, 7) is 6.63. The molecule has 0 fully saturated rings. The van der Waals surface area contributed by atoms with Crippen molar-refractivity contribution < 1.29 is 24.4 Å². The van der Waals surface area contributed by atoms with E-state index in [0.717, 1.165) is 0 Å². The Balaban J connectivity index is 2.18. The molecule has 0 saturated carbocycles. The highest BCUT2D eigenvalue weighted by molar-refractivity contribution is 5.99. The number of hydrogen-bond donors (Lipinski definition) is 2. The van der Waals surface area contributed by atoms with Crippen molar-refractivity contribution in [1.29, 1.82) is 5.26 Å². The second kappa shape index (κ2) is 9.81. The van der Waals surface area contributed by atoms with Crippen molar-refractivity contribution in [2.24, 2.45) is 5.92 Å². The van der Waals surface area contributed by atoms with Gasteiger partial charge in [-0.25, -0.2) is 9.59 Å². The van der Waals surface area contributed by atoms with Crippen LogP contribution in [-0.2, 0) is 19.9 Å². The Labute approximate surface area is 202 Å². The lowest BCUT2D eigenvalue weighted by Crippen LogP contribution is -2.39. The molecule has 2 aromatic carbocycles. The van der Waals surface area contributed by atoms with Crippen LogP contribution in [0.3, 0.4) is 0 Å². The molecule has 2 atom stereocenters. The molecule has 0 spiro atoms. The molecule has 0 aromatic heterocycles. The second-order valence-electron chi connectivity index (χ2n) is 8.55. The number of carbonyl (C=O) groups is 2. The average Bonchev–Trinajstić information content (AvgIpc) is 2.82. The van der Waals surface area contributed by atoms with Crippen molar-refractivity contribution in [2.75, 3.05) is 0 Å². The SMILES string of the molecule is CC1=C(C(=O)O)C(c2cccc([N+](=O)[O-])c2)C(C(=O)OC(C#N)(c2ccccc2)C(C)C)=C(C)N1. The number of ether oxygens (including phenoxy) is 1. The van der Waals surface area contributed by atoms with Crippen LogP contribution in [0.25, 0.3) is 0 Å². The number of nitro benzene ring substituents is 1. The summed E-state index contributed by atoms with van der Waals surface area (Å²) in [6, 6.07) is 16.2. The highest BCUT2D eigenvalue weighted by Gasteiger charge is 2.44. The first-order valence-electron chi connectivity index (χ1n) is 10.9. The molecule has 1 aliphatic heterocycles. The zero-order chi connectivity index (χ0) is 25.9. The first kappa shape index (κ1) is 25.2. The van der Waals surface area contributed by atoms with Crippen LogP contribution in [0.5, 0.6) is 0 Å². The summed E-state index contributed by atoms with van der Waals surface area (Å²) in [7, 11) is 0. The van der Waals surface area contributed by atoms with Gasteiger partial charge in [-0.3, -0.25) is 10.1 Å². The van der Waals surface area contributed by atoms with E-state index >= 15 is 0 Å². The predicted molar refractivity (Wildman–Crippen MR) is 127 cm³/mol. The minimum absolute atomic E-state index is 0.0373. The third-order valence-corrected chi connectivity index (χ3v) is 6.06. The van der Waals surface area contributed by atoms with E-state index < -0.39 is 34.3 Å². The lowest BCUT2D eigenvalue weighted by atomic mass is 9.79. The van der Waals surface area contributed by atoms with Crippen molar-refractivity contribution in [2.45, 2.75) is 39.2 Å². The lowest BCUT2D eigenvalue weighted by molar-refractivity contribution is -0.384. The molecule has 2 unspecified atom stereocenters. The van der Waals surface area contributed by atoms with Gasteiger partial charge >= 0.3 is 11.9 Å². The molecule has 9 heteroatoms. The van der Waals surface area contributed by atoms with Crippen LogP contribution in [0.2, 0.25) is 0 Å². The summed E-state index contributed by atoms with van der Waals surface area (Å²) in [5, 5.41) is 34.4. The molecule has 0 bridgehead atoms. The van der Waals surface area contributed by atoms with E-state index in [2.05, 4.69) is 11.4 Å². The Morgan fingerprint density at radius 1 is 1.11 bits per heavy atom. The number of nitrogens with one attached hydrogen (secondary N) is 1. The van der Waals surface area contributed by atoms with E-state index in [-0.39, 0.29) is 22.4 Å². The number of carboxylic acids is 1. The van der Waals surface area contributed by atoms with Gasteiger partial charge in [0.05, 0.1) is 22.0 Å². The van der Waals surface area contributed by atoms with Crippen LogP contribution in [0.4, 0.5) is 5.69 Å². The molecule has 0 radical (unpaired) electrons. The number of dihydropyridines is 1. The largest absolute Gasteiger partial charge is 0.478 e. The Hall–Kier alpha value is -4.45. The minimum atomic E-state index is -1.64. The van der Waals surface area contributed by atoms with Crippen LogP contribution < -0.4 is 5.32 Å². The molecule has 0 saturated heterocycles. The number of hydrogen-bond acceptors (Lipinski definition) is 7. The average molecular weight is 476 g/mol. The van der Waals surface area contributed by atoms with Crippen molar-refractivity contribution >= 4 is 17.6 Å². The van der Waals surface area contributed by atoms with Crippen molar-refractivity contribution in [3.8, 4) is 6.07 Å². The van der Waals surface area contributed by atoms with E-state index in [1.54, 1.807) is 58.0 Å². The molecule has 35 heavy (non-hydrogen) atoms.